The van der Waals surface area contributed by atoms with E-state index in [0.29, 0.717) is 37.4 Å². The number of para-hydroxylation sites is 1. The molecule has 3 aromatic rings. The van der Waals surface area contributed by atoms with Crippen molar-refractivity contribution >= 4 is 16.8 Å². The third-order valence-corrected chi connectivity index (χ3v) is 5.88. The van der Waals surface area contributed by atoms with Crippen LogP contribution < -0.4 is 10.1 Å². The molecule has 2 aromatic carbocycles. The molecule has 2 heterocycles. The van der Waals surface area contributed by atoms with Gasteiger partial charge in [-0.1, -0.05) is 44.2 Å². The summed E-state index contributed by atoms with van der Waals surface area (Å²) in [4.78, 5) is 15.4. The highest BCUT2D eigenvalue weighted by atomic mass is 19.4. The summed E-state index contributed by atoms with van der Waals surface area (Å²) in [5, 5.41) is 4.49. The van der Waals surface area contributed by atoms with Gasteiger partial charge in [0.25, 0.3) is 5.91 Å². The topological polar surface area (TPSA) is 46.5 Å². The zero-order valence-corrected chi connectivity index (χ0v) is 18.7. The number of aromatic nitrogens is 1. The average Bonchev–Trinajstić information content (AvgIpc) is 3.12. The quantitative estimate of drug-likeness (QED) is 0.552. The smallest absolute Gasteiger partial charge is 0.406 e. The van der Waals surface area contributed by atoms with E-state index in [1.165, 1.54) is 12.1 Å². The molecule has 5 nitrogen and oxygen atoms in total. The Bertz CT molecular complexity index is 1100. The first-order valence-electron chi connectivity index (χ1n) is 11.2. The van der Waals surface area contributed by atoms with Crippen molar-refractivity contribution in [3.63, 3.8) is 0 Å². The van der Waals surface area contributed by atoms with Crippen LogP contribution in [0.1, 0.15) is 42.7 Å². The molecular formula is C25H28F3N3O2. The van der Waals surface area contributed by atoms with Crippen molar-refractivity contribution in [2.75, 3.05) is 13.1 Å². The van der Waals surface area contributed by atoms with E-state index in [1.54, 1.807) is 12.1 Å². The molecule has 1 fully saturated rings. The molecule has 0 atom stereocenters. The molecule has 4 rings (SSSR count). The number of carbonyl (C=O) groups is 1. The number of rotatable bonds is 6. The highest BCUT2D eigenvalue weighted by molar-refractivity contribution is 5.99. The van der Waals surface area contributed by atoms with E-state index in [2.05, 4.69) is 23.9 Å². The SMILES string of the molecule is CC(C)NC1CCN(C(=O)c2cc3ccccc3n2Cc2ccc(OC(F)(F)F)cc2)CC1. The third-order valence-electron chi connectivity index (χ3n) is 5.88. The van der Waals surface area contributed by atoms with Crippen molar-refractivity contribution in [1.82, 2.24) is 14.8 Å². The molecule has 1 aromatic heterocycles. The summed E-state index contributed by atoms with van der Waals surface area (Å²) in [6, 6.07) is 16.2. The van der Waals surface area contributed by atoms with Crippen LogP contribution in [0.5, 0.6) is 5.75 Å². The molecule has 1 aliphatic rings. The minimum absolute atomic E-state index is 0.0220. The number of nitrogens with one attached hydrogen (secondary N) is 1. The lowest BCUT2D eigenvalue weighted by Crippen LogP contribution is -2.47. The minimum Gasteiger partial charge on any atom is -0.406 e. The van der Waals surface area contributed by atoms with Gasteiger partial charge in [0.05, 0.1) is 0 Å². The molecule has 0 aliphatic carbocycles. The summed E-state index contributed by atoms with van der Waals surface area (Å²) in [5.41, 5.74) is 2.27. The highest BCUT2D eigenvalue weighted by Gasteiger charge is 2.31. The number of ether oxygens (including phenoxy) is 1. The minimum atomic E-state index is -4.73. The van der Waals surface area contributed by atoms with Crippen LogP contribution >= 0.6 is 0 Å². The van der Waals surface area contributed by atoms with Crippen molar-refractivity contribution in [3.05, 3.63) is 65.9 Å². The van der Waals surface area contributed by atoms with Crippen LogP contribution in [0, 0.1) is 0 Å². The van der Waals surface area contributed by atoms with Gasteiger partial charge in [-0.15, -0.1) is 13.2 Å². The molecule has 1 saturated heterocycles. The maximum atomic E-state index is 13.5. The number of benzene rings is 2. The second-order valence-electron chi connectivity index (χ2n) is 8.75. The van der Waals surface area contributed by atoms with Crippen LogP contribution in [0.2, 0.25) is 0 Å². The largest absolute Gasteiger partial charge is 0.573 e. The lowest BCUT2D eigenvalue weighted by Gasteiger charge is -2.33. The molecule has 1 N–H and O–H groups in total. The van der Waals surface area contributed by atoms with E-state index in [-0.39, 0.29) is 11.7 Å². The molecule has 0 unspecified atom stereocenters. The second-order valence-corrected chi connectivity index (χ2v) is 8.75. The molecule has 0 bridgehead atoms. The fourth-order valence-corrected chi connectivity index (χ4v) is 4.42. The van der Waals surface area contributed by atoms with Gasteiger partial charge in [-0.05, 0) is 42.7 Å². The van der Waals surface area contributed by atoms with Crippen molar-refractivity contribution < 1.29 is 22.7 Å². The number of hydrogen-bond acceptors (Lipinski definition) is 3. The molecule has 0 saturated carbocycles. The summed E-state index contributed by atoms with van der Waals surface area (Å²) in [6.07, 6.45) is -2.91. The van der Waals surface area contributed by atoms with Crippen LogP contribution in [0.4, 0.5) is 13.2 Å². The highest BCUT2D eigenvalue weighted by Crippen LogP contribution is 2.26. The van der Waals surface area contributed by atoms with Crippen LogP contribution in [0.15, 0.2) is 54.6 Å². The normalized spacial score (nSPS) is 15.4. The molecule has 33 heavy (non-hydrogen) atoms. The fourth-order valence-electron chi connectivity index (χ4n) is 4.42. The molecule has 8 heteroatoms. The lowest BCUT2D eigenvalue weighted by atomic mass is 10.0. The maximum Gasteiger partial charge on any atom is 0.573 e. The van der Waals surface area contributed by atoms with Gasteiger partial charge in [0.1, 0.15) is 11.4 Å². The standard InChI is InChI=1S/C25H28F3N3O2/c1-17(2)29-20-11-13-30(14-12-20)24(32)23-15-19-5-3-4-6-22(19)31(23)16-18-7-9-21(10-8-18)33-25(26,27)28/h3-10,15,17,20,29H,11-14,16H2,1-2H3. The summed E-state index contributed by atoms with van der Waals surface area (Å²) < 4.78 is 43.3. The second kappa shape index (κ2) is 9.47. The zero-order valence-electron chi connectivity index (χ0n) is 18.7. The Morgan fingerprint density at radius 2 is 1.76 bits per heavy atom. The van der Waals surface area contributed by atoms with Gasteiger partial charge in [0.2, 0.25) is 0 Å². The number of halogens is 3. The molecular weight excluding hydrogens is 431 g/mol. The molecule has 0 spiro atoms. The summed E-state index contributed by atoms with van der Waals surface area (Å²) in [5.74, 6) is -0.288. The van der Waals surface area contributed by atoms with Crippen LogP contribution in [-0.4, -0.2) is 46.9 Å². The summed E-state index contributed by atoms with van der Waals surface area (Å²) >= 11 is 0. The van der Waals surface area contributed by atoms with Gasteiger partial charge in [-0.2, -0.15) is 0 Å². The summed E-state index contributed by atoms with van der Waals surface area (Å²) in [7, 11) is 0. The summed E-state index contributed by atoms with van der Waals surface area (Å²) in [6.45, 7) is 5.99. The number of hydrogen-bond donors (Lipinski definition) is 1. The van der Waals surface area contributed by atoms with Gasteiger partial charge < -0.3 is 19.5 Å². The van der Waals surface area contributed by atoms with E-state index in [4.69, 9.17) is 0 Å². The monoisotopic (exact) mass is 459 g/mol. The van der Waals surface area contributed by atoms with Crippen molar-refractivity contribution in [3.8, 4) is 5.75 Å². The van der Waals surface area contributed by atoms with Gasteiger partial charge in [-0.25, -0.2) is 0 Å². The fraction of sp³-hybridized carbons (Fsp3) is 0.400. The van der Waals surface area contributed by atoms with Crippen molar-refractivity contribution in [2.24, 2.45) is 0 Å². The van der Waals surface area contributed by atoms with Crippen LogP contribution in [0.3, 0.4) is 0 Å². The third kappa shape index (κ3) is 5.68. The van der Waals surface area contributed by atoms with Crippen LogP contribution in [-0.2, 0) is 6.54 Å². The Kier molecular flexibility index (Phi) is 6.65. The van der Waals surface area contributed by atoms with E-state index >= 15 is 0 Å². The first kappa shape index (κ1) is 23.2. The van der Waals surface area contributed by atoms with E-state index in [1.807, 2.05) is 39.8 Å². The number of nitrogens with zero attached hydrogens (tertiary/aromatic N) is 2. The predicted octanol–water partition coefficient (Wildman–Crippen LogP) is 5.19. The zero-order chi connectivity index (χ0) is 23.6. The molecule has 176 valence electrons. The van der Waals surface area contributed by atoms with E-state index in [9.17, 15) is 18.0 Å². The Hall–Kier alpha value is -3.00. The van der Waals surface area contributed by atoms with Gasteiger partial charge in [-0.3, -0.25) is 4.79 Å². The molecule has 1 aliphatic heterocycles. The first-order valence-corrected chi connectivity index (χ1v) is 11.2. The maximum absolute atomic E-state index is 13.5. The number of amides is 1. The number of carbonyl (C=O) groups excluding carboxylic acids is 1. The Morgan fingerprint density at radius 3 is 2.39 bits per heavy atom. The van der Waals surface area contributed by atoms with Crippen molar-refractivity contribution in [2.45, 2.75) is 51.7 Å². The predicted molar refractivity (Wildman–Crippen MR) is 121 cm³/mol. The van der Waals surface area contributed by atoms with E-state index in [0.717, 1.165) is 29.3 Å². The Balaban J connectivity index is 1.56. The first-order chi connectivity index (χ1) is 15.7. The lowest BCUT2D eigenvalue weighted by molar-refractivity contribution is -0.274. The van der Waals surface area contributed by atoms with E-state index < -0.39 is 6.36 Å². The Labute approximate surface area is 191 Å². The number of fused-ring (bicyclic) bond motifs is 1. The average molecular weight is 460 g/mol. The number of likely N-dealkylation sites (tertiary alicyclic amines) is 1. The number of piperidine rings is 1. The number of alkyl halides is 3. The van der Waals surface area contributed by atoms with Crippen LogP contribution in [0.25, 0.3) is 10.9 Å². The van der Waals surface area contributed by atoms with Gasteiger partial charge >= 0.3 is 6.36 Å². The Morgan fingerprint density at radius 1 is 1.09 bits per heavy atom. The van der Waals surface area contributed by atoms with Crippen molar-refractivity contribution in [1.29, 1.82) is 0 Å². The van der Waals surface area contributed by atoms with Gasteiger partial charge in [0, 0.05) is 42.6 Å². The van der Waals surface area contributed by atoms with Gasteiger partial charge in [0.15, 0.2) is 0 Å². The molecule has 1 amide bonds. The molecule has 0 radical (unpaired) electrons.